The first-order valence-corrected chi connectivity index (χ1v) is 7.95. The number of hydrogen-bond acceptors (Lipinski definition) is 3. The van der Waals surface area contributed by atoms with Crippen molar-refractivity contribution >= 4 is 33.2 Å². The monoisotopic (exact) mass is 373 g/mol. The van der Waals surface area contributed by atoms with Crippen molar-refractivity contribution in [2.45, 2.75) is 13.8 Å². The van der Waals surface area contributed by atoms with Gasteiger partial charge in [-0.3, -0.25) is 4.79 Å². The Labute approximate surface area is 142 Å². The van der Waals surface area contributed by atoms with Gasteiger partial charge in [-0.15, -0.1) is 0 Å². The summed E-state index contributed by atoms with van der Waals surface area (Å²) in [6.45, 7) is 3.79. The Kier molecular flexibility index (Phi) is 4.34. The molecular formula is C17H16BrN3O2. The Morgan fingerprint density at radius 3 is 2.96 bits per heavy atom. The number of amides is 1. The van der Waals surface area contributed by atoms with Crippen LogP contribution in [0.2, 0.25) is 0 Å². The van der Waals surface area contributed by atoms with Crippen LogP contribution in [0.4, 0.5) is 5.69 Å². The molecule has 0 bridgehead atoms. The van der Waals surface area contributed by atoms with Crippen molar-refractivity contribution in [1.82, 2.24) is 9.38 Å². The van der Waals surface area contributed by atoms with Crippen LogP contribution < -0.4 is 10.1 Å². The van der Waals surface area contributed by atoms with Crippen molar-refractivity contribution in [3.8, 4) is 5.75 Å². The SMILES string of the molecule is Cc1cn2cccc(OCC(=O)Nc3ccc(Br)cc3C)c2n1. The van der Waals surface area contributed by atoms with Crippen molar-refractivity contribution in [3.63, 3.8) is 0 Å². The number of imidazole rings is 1. The van der Waals surface area contributed by atoms with Gasteiger partial charge in [0.15, 0.2) is 18.0 Å². The minimum atomic E-state index is -0.208. The van der Waals surface area contributed by atoms with Crippen LogP contribution in [0.3, 0.4) is 0 Å². The summed E-state index contributed by atoms with van der Waals surface area (Å²) in [4.78, 5) is 16.5. The standard InChI is InChI=1S/C17H16BrN3O2/c1-11-8-13(18)5-6-14(11)20-16(22)10-23-15-4-3-7-21-9-12(2)19-17(15)21/h3-9H,10H2,1-2H3,(H,20,22). The number of halogens is 1. The number of fused-ring (bicyclic) bond motifs is 1. The highest BCUT2D eigenvalue weighted by Gasteiger charge is 2.09. The molecule has 2 heterocycles. The molecule has 1 amide bonds. The van der Waals surface area contributed by atoms with E-state index in [2.05, 4.69) is 26.2 Å². The van der Waals surface area contributed by atoms with Gasteiger partial charge in [0.25, 0.3) is 5.91 Å². The highest BCUT2D eigenvalue weighted by molar-refractivity contribution is 9.10. The topological polar surface area (TPSA) is 55.6 Å². The number of nitrogens with one attached hydrogen (secondary N) is 1. The summed E-state index contributed by atoms with van der Waals surface area (Å²) < 4.78 is 8.48. The number of benzene rings is 1. The molecule has 3 aromatic rings. The normalized spacial score (nSPS) is 10.7. The molecule has 5 nitrogen and oxygen atoms in total. The third-order valence-corrected chi connectivity index (χ3v) is 3.88. The van der Waals surface area contributed by atoms with Crippen LogP contribution in [0.25, 0.3) is 5.65 Å². The molecule has 2 aromatic heterocycles. The molecule has 0 radical (unpaired) electrons. The third-order valence-electron chi connectivity index (χ3n) is 3.39. The van der Waals surface area contributed by atoms with Gasteiger partial charge in [-0.2, -0.15) is 0 Å². The predicted molar refractivity (Wildman–Crippen MR) is 92.9 cm³/mol. The van der Waals surface area contributed by atoms with E-state index in [9.17, 15) is 4.79 Å². The number of nitrogens with zero attached hydrogens (tertiary/aromatic N) is 2. The highest BCUT2D eigenvalue weighted by Crippen LogP contribution is 2.21. The van der Waals surface area contributed by atoms with Gasteiger partial charge >= 0.3 is 0 Å². The lowest BCUT2D eigenvalue weighted by atomic mass is 10.2. The Morgan fingerprint density at radius 2 is 2.17 bits per heavy atom. The molecule has 0 aliphatic rings. The maximum absolute atomic E-state index is 12.1. The Morgan fingerprint density at radius 1 is 1.35 bits per heavy atom. The van der Waals surface area contributed by atoms with Gasteiger partial charge in [0.05, 0.1) is 5.69 Å². The Balaban J connectivity index is 1.68. The second kappa shape index (κ2) is 6.42. The van der Waals surface area contributed by atoms with Gasteiger partial charge in [-0.05, 0) is 49.7 Å². The summed E-state index contributed by atoms with van der Waals surface area (Å²) in [7, 11) is 0. The molecule has 0 saturated heterocycles. The number of hydrogen-bond donors (Lipinski definition) is 1. The molecule has 0 spiro atoms. The lowest BCUT2D eigenvalue weighted by molar-refractivity contribution is -0.118. The van der Waals surface area contributed by atoms with Crippen LogP contribution in [0.15, 0.2) is 47.2 Å². The van der Waals surface area contributed by atoms with Gasteiger partial charge < -0.3 is 14.5 Å². The van der Waals surface area contributed by atoms with Gasteiger partial charge in [0, 0.05) is 22.6 Å². The fourth-order valence-corrected chi connectivity index (χ4v) is 2.79. The zero-order valence-corrected chi connectivity index (χ0v) is 14.4. The minimum Gasteiger partial charge on any atom is -0.480 e. The van der Waals surface area contributed by atoms with Crippen LogP contribution in [0.1, 0.15) is 11.3 Å². The summed E-state index contributed by atoms with van der Waals surface area (Å²) in [6.07, 6.45) is 3.81. The van der Waals surface area contributed by atoms with Crippen LogP contribution in [0, 0.1) is 13.8 Å². The van der Waals surface area contributed by atoms with Crippen molar-refractivity contribution in [1.29, 1.82) is 0 Å². The molecule has 3 rings (SSSR count). The summed E-state index contributed by atoms with van der Waals surface area (Å²) in [6, 6.07) is 9.36. The quantitative estimate of drug-likeness (QED) is 0.757. The number of anilines is 1. The van der Waals surface area contributed by atoms with Crippen molar-refractivity contribution in [2.24, 2.45) is 0 Å². The maximum atomic E-state index is 12.1. The van der Waals surface area contributed by atoms with E-state index >= 15 is 0 Å². The summed E-state index contributed by atoms with van der Waals surface area (Å²) in [5, 5.41) is 2.85. The molecule has 1 N–H and O–H groups in total. The average Bonchev–Trinajstić information content (AvgIpc) is 2.88. The average molecular weight is 374 g/mol. The van der Waals surface area contributed by atoms with E-state index in [0.717, 1.165) is 21.4 Å². The second-order valence-corrected chi connectivity index (χ2v) is 6.20. The number of rotatable bonds is 4. The summed E-state index contributed by atoms with van der Waals surface area (Å²) in [5.74, 6) is 0.379. The van der Waals surface area contributed by atoms with E-state index in [-0.39, 0.29) is 12.5 Å². The van der Waals surface area contributed by atoms with Gasteiger partial charge in [-0.25, -0.2) is 4.98 Å². The van der Waals surface area contributed by atoms with Crippen LogP contribution in [-0.4, -0.2) is 21.9 Å². The smallest absolute Gasteiger partial charge is 0.262 e. The molecule has 118 valence electrons. The van der Waals surface area contributed by atoms with Crippen molar-refractivity contribution in [2.75, 3.05) is 11.9 Å². The first-order chi connectivity index (χ1) is 11.0. The first kappa shape index (κ1) is 15.6. The predicted octanol–water partition coefficient (Wildman–Crippen LogP) is 3.73. The fourth-order valence-electron chi connectivity index (χ4n) is 2.32. The first-order valence-electron chi connectivity index (χ1n) is 7.16. The van der Waals surface area contributed by atoms with Crippen molar-refractivity contribution < 1.29 is 9.53 Å². The van der Waals surface area contributed by atoms with Crippen LogP contribution >= 0.6 is 15.9 Å². The molecule has 0 unspecified atom stereocenters. The molecule has 0 aliphatic heterocycles. The zero-order chi connectivity index (χ0) is 16.4. The second-order valence-electron chi connectivity index (χ2n) is 5.28. The molecule has 0 saturated carbocycles. The molecule has 1 aromatic carbocycles. The molecule has 23 heavy (non-hydrogen) atoms. The maximum Gasteiger partial charge on any atom is 0.262 e. The van der Waals surface area contributed by atoms with Gasteiger partial charge in [0.1, 0.15) is 0 Å². The van der Waals surface area contributed by atoms with E-state index in [1.54, 1.807) is 6.07 Å². The van der Waals surface area contributed by atoms with E-state index in [1.165, 1.54) is 0 Å². The number of aromatic nitrogens is 2. The largest absolute Gasteiger partial charge is 0.480 e. The van der Waals surface area contributed by atoms with Crippen LogP contribution in [0.5, 0.6) is 5.75 Å². The lowest BCUT2D eigenvalue weighted by Crippen LogP contribution is -2.20. The fraction of sp³-hybridized carbons (Fsp3) is 0.176. The van der Waals surface area contributed by atoms with Crippen molar-refractivity contribution in [3.05, 3.63) is 58.5 Å². The van der Waals surface area contributed by atoms with E-state index in [0.29, 0.717) is 11.4 Å². The summed E-state index contributed by atoms with van der Waals surface area (Å²) in [5.41, 5.74) is 3.36. The van der Waals surface area contributed by atoms with Gasteiger partial charge in [-0.1, -0.05) is 15.9 Å². The molecule has 0 aliphatic carbocycles. The van der Waals surface area contributed by atoms with E-state index in [1.807, 2.05) is 54.9 Å². The molecular weight excluding hydrogens is 358 g/mol. The number of aryl methyl sites for hydroxylation is 2. The van der Waals surface area contributed by atoms with E-state index in [4.69, 9.17) is 4.74 Å². The number of ether oxygens (including phenoxy) is 1. The minimum absolute atomic E-state index is 0.0684. The highest BCUT2D eigenvalue weighted by atomic mass is 79.9. The van der Waals surface area contributed by atoms with Crippen LogP contribution in [-0.2, 0) is 4.79 Å². The number of carbonyl (C=O) groups excluding carboxylic acids is 1. The Bertz CT molecular complexity index is 873. The van der Waals surface area contributed by atoms with Gasteiger partial charge in [0.2, 0.25) is 0 Å². The lowest BCUT2D eigenvalue weighted by Gasteiger charge is -2.10. The molecule has 0 fully saturated rings. The zero-order valence-electron chi connectivity index (χ0n) is 12.8. The number of pyridine rings is 1. The summed E-state index contributed by atoms with van der Waals surface area (Å²) >= 11 is 3.40. The Hall–Kier alpha value is -2.34. The number of carbonyl (C=O) groups is 1. The van der Waals surface area contributed by atoms with E-state index < -0.39 is 0 Å². The molecule has 6 heteroatoms. The third kappa shape index (κ3) is 3.53. The molecule has 0 atom stereocenters.